The van der Waals surface area contributed by atoms with E-state index in [-0.39, 0.29) is 11.8 Å². The third-order valence-electron chi connectivity index (χ3n) is 5.43. The summed E-state index contributed by atoms with van der Waals surface area (Å²) in [5.74, 6) is -0.186. The van der Waals surface area contributed by atoms with Gasteiger partial charge in [0.2, 0.25) is 10.9 Å². The number of hydrogen-bond acceptors (Lipinski definition) is 6. The van der Waals surface area contributed by atoms with Crippen LogP contribution in [0.5, 0.6) is 0 Å². The number of piperidine rings is 1. The molecule has 1 aromatic heterocycles. The van der Waals surface area contributed by atoms with Crippen molar-refractivity contribution in [2.45, 2.75) is 58.4 Å². The number of rotatable bonds is 9. The molecule has 0 radical (unpaired) electrons. The van der Waals surface area contributed by atoms with E-state index in [2.05, 4.69) is 32.7 Å². The highest BCUT2D eigenvalue weighted by atomic mass is 32.1. The molecule has 8 heteroatoms. The van der Waals surface area contributed by atoms with Gasteiger partial charge < -0.3 is 10.6 Å². The molecule has 1 atom stereocenters. The summed E-state index contributed by atoms with van der Waals surface area (Å²) in [5, 5.41) is 15.0. The summed E-state index contributed by atoms with van der Waals surface area (Å²) < 4.78 is 0. The van der Waals surface area contributed by atoms with Gasteiger partial charge in [-0.1, -0.05) is 35.5 Å². The molecule has 7 nitrogen and oxygen atoms in total. The van der Waals surface area contributed by atoms with Gasteiger partial charge in [0.05, 0.1) is 0 Å². The van der Waals surface area contributed by atoms with Crippen molar-refractivity contribution in [2.24, 2.45) is 0 Å². The van der Waals surface area contributed by atoms with Crippen molar-refractivity contribution >= 4 is 28.8 Å². The molecule has 2 amide bonds. The first-order valence-corrected chi connectivity index (χ1v) is 11.5. The van der Waals surface area contributed by atoms with E-state index >= 15 is 0 Å². The second-order valence-corrected chi connectivity index (χ2v) is 8.97. The van der Waals surface area contributed by atoms with Crippen LogP contribution in [0.15, 0.2) is 24.3 Å². The fraction of sp³-hybridized carbons (Fsp3) is 0.545. The maximum Gasteiger partial charge on any atom is 0.286 e. The van der Waals surface area contributed by atoms with Gasteiger partial charge in [-0.15, -0.1) is 10.2 Å². The number of aromatic nitrogens is 2. The van der Waals surface area contributed by atoms with E-state index in [1.165, 1.54) is 30.6 Å². The fourth-order valence-electron chi connectivity index (χ4n) is 3.59. The maximum absolute atomic E-state index is 12.3. The topological polar surface area (TPSA) is 87.2 Å². The largest absolute Gasteiger partial charge is 0.355 e. The highest BCUT2D eigenvalue weighted by Gasteiger charge is 2.17. The number of nitrogens with zero attached hydrogens (tertiary/aromatic N) is 3. The van der Waals surface area contributed by atoms with Gasteiger partial charge in [-0.05, 0) is 51.8 Å². The van der Waals surface area contributed by atoms with Crippen molar-refractivity contribution in [2.75, 3.05) is 25.0 Å². The summed E-state index contributed by atoms with van der Waals surface area (Å²) in [6.45, 7) is 7.01. The number of hydrogen-bond donors (Lipinski definition) is 2. The molecule has 1 aromatic carbocycles. The molecular weight excluding hydrogens is 398 g/mol. The van der Waals surface area contributed by atoms with Gasteiger partial charge in [0.25, 0.3) is 5.91 Å². The quantitative estimate of drug-likeness (QED) is 0.638. The van der Waals surface area contributed by atoms with Gasteiger partial charge in [0.15, 0.2) is 0 Å². The molecule has 0 aliphatic carbocycles. The number of anilines is 1. The van der Waals surface area contributed by atoms with Crippen LogP contribution in [0.4, 0.5) is 5.69 Å². The van der Waals surface area contributed by atoms with Crippen LogP contribution >= 0.6 is 11.3 Å². The second-order valence-electron chi connectivity index (χ2n) is 7.91. The Morgan fingerprint density at radius 1 is 1.20 bits per heavy atom. The van der Waals surface area contributed by atoms with Crippen LogP contribution in [0.2, 0.25) is 0 Å². The summed E-state index contributed by atoms with van der Waals surface area (Å²) in [7, 11) is 0. The monoisotopic (exact) mass is 429 g/mol. The molecule has 1 aliphatic rings. The van der Waals surface area contributed by atoms with Gasteiger partial charge in [-0.3, -0.25) is 14.5 Å². The predicted molar refractivity (Wildman–Crippen MR) is 120 cm³/mol. The molecule has 1 fully saturated rings. The summed E-state index contributed by atoms with van der Waals surface area (Å²) in [4.78, 5) is 26.8. The van der Waals surface area contributed by atoms with Crippen molar-refractivity contribution in [1.29, 1.82) is 0 Å². The number of nitrogens with one attached hydrogen (secondary N) is 2. The minimum Gasteiger partial charge on any atom is -0.355 e. The lowest BCUT2D eigenvalue weighted by Gasteiger charge is -2.33. The molecule has 2 N–H and O–H groups in total. The SMILES string of the molecule is Cc1ccc(NC(=O)c2nnc(CCCC(=O)NCCN3CCCCC3C)s2)cc1. The van der Waals surface area contributed by atoms with Crippen molar-refractivity contribution < 1.29 is 9.59 Å². The highest BCUT2D eigenvalue weighted by Crippen LogP contribution is 2.16. The minimum absolute atomic E-state index is 0.0708. The minimum atomic E-state index is -0.257. The average Bonchev–Trinajstić information content (AvgIpc) is 3.20. The Bertz CT molecular complexity index is 836. The van der Waals surface area contributed by atoms with Crippen LogP contribution < -0.4 is 10.6 Å². The van der Waals surface area contributed by atoms with Crippen molar-refractivity contribution in [3.05, 3.63) is 39.8 Å². The van der Waals surface area contributed by atoms with E-state index in [0.717, 1.165) is 29.3 Å². The van der Waals surface area contributed by atoms with Crippen LogP contribution in [0.25, 0.3) is 0 Å². The smallest absolute Gasteiger partial charge is 0.286 e. The predicted octanol–water partition coefficient (Wildman–Crippen LogP) is 3.41. The Labute approximate surface area is 182 Å². The number of carbonyl (C=O) groups excluding carboxylic acids is 2. The Kier molecular flexibility index (Phi) is 8.33. The van der Waals surface area contributed by atoms with Crippen molar-refractivity contribution in [3.63, 3.8) is 0 Å². The molecule has 2 aromatic rings. The van der Waals surface area contributed by atoms with Gasteiger partial charge >= 0.3 is 0 Å². The second kappa shape index (κ2) is 11.2. The molecular formula is C22H31N5O2S. The highest BCUT2D eigenvalue weighted by molar-refractivity contribution is 7.13. The molecule has 1 saturated heterocycles. The lowest BCUT2D eigenvalue weighted by atomic mass is 10.0. The average molecular weight is 430 g/mol. The first kappa shape index (κ1) is 22.4. The number of likely N-dealkylation sites (tertiary alicyclic amines) is 1. The summed E-state index contributed by atoms with van der Waals surface area (Å²) >= 11 is 1.28. The van der Waals surface area contributed by atoms with E-state index < -0.39 is 0 Å². The number of carbonyl (C=O) groups is 2. The summed E-state index contributed by atoms with van der Waals surface area (Å²) in [5.41, 5.74) is 1.87. The first-order valence-electron chi connectivity index (χ1n) is 10.7. The van der Waals surface area contributed by atoms with E-state index in [1.807, 2.05) is 31.2 Å². The Morgan fingerprint density at radius 2 is 2.00 bits per heavy atom. The molecule has 0 saturated carbocycles. The lowest BCUT2D eigenvalue weighted by molar-refractivity contribution is -0.121. The van der Waals surface area contributed by atoms with Crippen LogP contribution in [0, 0.1) is 6.92 Å². The van der Waals surface area contributed by atoms with E-state index in [9.17, 15) is 9.59 Å². The third kappa shape index (κ3) is 6.88. The first-order chi connectivity index (χ1) is 14.5. The zero-order valence-electron chi connectivity index (χ0n) is 17.8. The number of amides is 2. The maximum atomic E-state index is 12.3. The summed E-state index contributed by atoms with van der Waals surface area (Å²) in [6, 6.07) is 8.23. The molecule has 0 spiro atoms. The van der Waals surface area contributed by atoms with Crippen LogP contribution in [-0.2, 0) is 11.2 Å². The lowest BCUT2D eigenvalue weighted by Crippen LogP contribution is -2.42. The van der Waals surface area contributed by atoms with Gasteiger partial charge in [-0.25, -0.2) is 0 Å². The van der Waals surface area contributed by atoms with Crippen LogP contribution in [0.1, 0.15) is 59.4 Å². The standard InChI is InChI=1S/C22H31N5O2S/c1-16-9-11-18(12-10-16)24-21(29)22-26-25-20(30-22)8-5-7-19(28)23-13-15-27-14-4-3-6-17(27)2/h9-12,17H,3-8,13-15H2,1-2H3,(H,23,28)(H,24,29). The van der Waals surface area contributed by atoms with Gasteiger partial charge in [0, 0.05) is 37.7 Å². The molecule has 1 aliphatic heterocycles. The molecule has 162 valence electrons. The molecule has 0 bridgehead atoms. The fourth-order valence-corrected chi connectivity index (χ4v) is 4.36. The van der Waals surface area contributed by atoms with Gasteiger partial charge in [0.1, 0.15) is 5.01 Å². The van der Waals surface area contributed by atoms with Crippen LogP contribution in [0.3, 0.4) is 0 Å². The number of benzene rings is 1. The van der Waals surface area contributed by atoms with Gasteiger partial charge in [-0.2, -0.15) is 0 Å². The normalized spacial score (nSPS) is 16.9. The molecule has 2 heterocycles. The molecule has 1 unspecified atom stereocenters. The van der Waals surface area contributed by atoms with E-state index in [0.29, 0.717) is 36.9 Å². The molecule has 3 rings (SSSR count). The van der Waals surface area contributed by atoms with Crippen LogP contribution in [-0.4, -0.2) is 52.6 Å². The Balaban J connectivity index is 1.34. The zero-order valence-corrected chi connectivity index (χ0v) is 18.6. The molecule has 30 heavy (non-hydrogen) atoms. The zero-order chi connectivity index (χ0) is 21.3. The van der Waals surface area contributed by atoms with E-state index in [1.54, 1.807) is 0 Å². The number of aryl methyl sites for hydroxylation is 2. The van der Waals surface area contributed by atoms with Crippen molar-refractivity contribution in [3.8, 4) is 0 Å². The van der Waals surface area contributed by atoms with E-state index in [4.69, 9.17) is 0 Å². The Hall–Kier alpha value is -2.32. The summed E-state index contributed by atoms with van der Waals surface area (Å²) in [6.07, 6.45) is 5.61. The Morgan fingerprint density at radius 3 is 2.77 bits per heavy atom. The van der Waals surface area contributed by atoms with Crippen molar-refractivity contribution in [1.82, 2.24) is 20.4 Å². The third-order valence-corrected chi connectivity index (χ3v) is 6.41.